The highest BCUT2D eigenvalue weighted by atomic mass is 32.2. The van der Waals surface area contributed by atoms with E-state index in [1.165, 1.54) is 48.5 Å². The predicted octanol–water partition coefficient (Wildman–Crippen LogP) is 6.26. The minimum Gasteiger partial charge on any atom is -0.227 e. The molecule has 0 bridgehead atoms. The lowest BCUT2D eigenvalue weighted by Gasteiger charge is -2.26. The predicted molar refractivity (Wildman–Crippen MR) is 118 cm³/mol. The Hall–Kier alpha value is -3.31. The molecule has 0 aromatic heterocycles. The summed E-state index contributed by atoms with van der Waals surface area (Å²) in [6.45, 7) is 0. The number of hydrogen-bond donors (Lipinski definition) is 0. The van der Waals surface area contributed by atoms with Crippen LogP contribution < -0.4 is 0 Å². The second-order valence-corrected chi connectivity index (χ2v) is 9.39. The fourth-order valence-corrected chi connectivity index (χ4v) is 6.23. The van der Waals surface area contributed by atoms with Gasteiger partial charge in [0.25, 0.3) is 0 Å². The molecule has 0 aliphatic carbocycles. The molecule has 2 atom stereocenters. The van der Waals surface area contributed by atoms with Crippen LogP contribution in [-0.4, -0.2) is 8.42 Å². The Balaban J connectivity index is 1.94. The van der Waals surface area contributed by atoms with Crippen molar-refractivity contribution in [2.45, 2.75) is 10.5 Å². The number of benzene rings is 4. The Kier molecular flexibility index (Phi) is 5.96. The van der Waals surface area contributed by atoms with E-state index in [0.717, 1.165) is 0 Å². The molecule has 2 unspecified atom stereocenters. The lowest BCUT2D eigenvalue weighted by atomic mass is 10.0. The summed E-state index contributed by atoms with van der Waals surface area (Å²) in [5, 5.41) is -2.05. The first-order valence-electron chi connectivity index (χ1n) is 9.80. The maximum Gasteiger partial charge on any atom is 0.172 e. The maximum absolute atomic E-state index is 14.2. The normalized spacial score (nSPS) is 13.5. The van der Waals surface area contributed by atoms with Crippen LogP contribution in [0.4, 0.5) is 8.78 Å². The molecule has 0 saturated carbocycles. The summed E-state index contributed by atoms with van der Waals surface area (Å²) in [7, 11) is -3.95. The molecule has 0 fully saturated rings. The van der Waals surface area contributed by atoms with Gasteiger partial charge in [0.1, 0.15) is 22.1 Å². The minimum absolute atomic E-state index is 0.439. The van der Waals surface area contributed by atoms with Crippen LogP contribution in [0.25, 0.3) is 0 Å². The van der Waals surface area contributed by atoms with Gasteiger partial charge in [-0.25, -0.2) is 17.2 Å². The van der Waals surface area contributed by atoms with Crippen molar-refractivity contribution < 1.29 is 17.2 Å². The third kappa shape index (κ3) is 4.42. The molecule has 156 valence electrons. The largest absolute Gasteiger partial charge is 0.227 e. The lowest BCUT2D eigenvalue weighted by Crippen LogP contribution is -2.23. The van der Waals surface area contributed by atoms with Crippen LogP contribution in [0.2, 0.25) is 0 Å². The Bertz CT molecular complexity index is 1140. The van der Waals surface area contributed by atoms with Gasteiger partial charge in [-0.1, -0.05) is 84.9 Å². The van der Waals surface area contributed by atoms with Crippen LogP contribution in [0, 0.1) is 11.6 Å². The van der Waals surface area contributed by atoms with Crippen molar-refractivity contribution in [1.29, 1.82) is 0 Å². The summed E-state index contributed by atoms with van der Waals surface area (Å²) in [5.74, 6) is -0.878. The second-order valence-electron chi connectivity index (χ2n) is 7.27. The van der Waals surface area contributed by atoms with E-state index in [1.54, 1.807) is 48.5 Å². The standard InChI is InChI=1S/C26H20F2O2S/c27-23-15-11-21(12-16-23)25(19-7-3-1-4-8-19)31(29,30)26(20-9-5-2-6-10-20)22-13-17-24(28)18-14-22/h1-18,25-26H. The first kappa shape index (κ1) is 20.9. The summed E-state index contributed by atoms with van der Waals surface area (Å²) >= 11 is 0. The van der Waals surface area contributed by atoms with Gasteiger partial charge in [-0.2, -0.15) is 0 Å². The topological polar surface area (TPSA) is 34.1 Å². The van der Waals surface area contributed by atoms with Crippen LogP contribution in [0.1, 0.15) is 32.8 Å². The SMILES string of the molecule is O=S(=O)(C(c1ccccc1)c1ccc(F)cc1)C(c1ccccc1)c1ccc(F)cc1. The Labute approximate surface area is 180 Å². The Morgan fingerprint density at radius 3 is 1.06 bits per heavy atom. The van der Waals surface area contributed by atoms with Gasteiger partial charge >= 0.3 is 0 Å². The lowest BCUT2D eigenvalue weighted by molar-refractivity contribution is 0.580. The van der Waals surface area contributed by atoms with Gasteiger partial charge in [-0.05, 0) is 46.5 Å². The van der Waals surface area contributed by atoms with E-state index in [0.29, 0.717) is 22.3 Å². The van der Waals surface area contributed by atoms with E-state index in [-0.39, 0.29) is 0 Å². The molecule has 4 rings (SSSR count). The zero-order chi connectivity index (χ0) is 21.8. The van der Waals surface area contributed by atoms with E-state index >= 15 is 0 Å². The van der Waals surface area contributed by atoms with E-state index in [1.807, 2.05) is 12.1 Å². The van der Waals surface area contributed by atoms with Gasteiger partial charge in [-0.3, -0.25) is 0 Å². The summed E-state index contributed by atoms with van der Waals surface area (Å²) in [6.07, 6.45) is 0. The van der Waals surface area contributed by atoms with E-state index in [4.69, 9.17) is 0 Å². The first-order chi connectivity index (χ1) is 15.0. The summed E-state index contributed by atoms with van der Waals surface area (Å²) in [4.78, 5) is 0. The first-order valence-corrected chi connectivity index (χ1v) is 11.4. The average Bonchev–Trinajstić information content (AvgIpc) is 2.78. The molecule has 5 heteroatoms. The van der Waals surface area contributed by atoms with Gasteiger partial charge in [-0.15, -0.1) is 0 Å². The molecule has 0 amide bonds. The molecule has 0 saturated heterocycles. The highest BCUT2D eigenvalue weighted by Gasteiger charge is 2.38. The fraction of sp³-hybridized carbons (Fsp3) is 0.0769. The van der Waals surface area contributed by atoms with Gasteiger partial charge in [0.15, 0.2) is 9.84 Å². The zero-order valence-corrected chi connectivity index (χ0v) is 17.3. The molecule has 31 heavy (non-hydrogen) atoms. The molecule has 0 N–H and O–H groups in total. The molecule has 4 aromatic rings. The molecular weight excluding hydrogens is 414 g/mol. The number of hydrogen-bond acceptors (Lipinski definition) is 2. The third-order valence-electron chi connectivity index (χ3n) is 5.21. The molecule has 0 heterocycles. The van der Waals surface area contributed by atoms with Crippen LogP contribution in [0.3, 0.4) is 0 Å². The van der Waals surface area contributed by atoms with Gasteiger partial charge in [0, 0.05) is 0 Å². The fourth-order valence-electron chi connectivity index (χ4n) is 3.81. The van der Waals surface area contributed by atoms with Crippen molar-refractivity contribution in [3.8, 4) is 0 Å². The highest BCUT2D eigenvalue weighted by Crippen LogP contribution is 2.42. The molecule has 0 spiro atoms. The van der Waals surface area contributed by atoms with Crippen LogP contribution >= 0.6 is 0 Å². The number of halogens is 2. The monoisotopic (exact) mass is 434 g/mol. The molecule has 0 aliphatic rings. The Morgan fingerprint density at radius 2 is 0.742 bits per heavy atom. The molecule has 2 nitrogen and oxygen atoms in total. The van der Waals surface area contributed by atoms with Crippen LogP contribution in [0.15, 0.2) is 109 Å². The molecule has 0 radical (unpaired) electrons. The third-order valence-corrected chi connectivity index (χ3v) is 7.61. The summed E-state index contributed by atoms with van der Waals surface area (Å²) in [6, 6.07) is 28.7. The average molecular weight is 435 g/mol. The molecular formula is C26H20F2O2S. The van der Waals surface area contributed by atoms with E-state index in [9.17, 15) is 17.2 Å². The van der Waals surface area contributed by atoms with Crippen molar-refractivity contribution in [2.75, 3.05) is 0 Å². The Morgan fingerprint density at radius 1 is 0.452 bits per heavy atom. The minimum atomic E-state index is -3.95. The van der Waals surface area contributed by atoms with Crippen molar-refractivity contribution in [3.05, 3.63) is 143 Å². The maximum atomic E-state index is 14.2. The van der Waals surface area contributed by atoms with Crippen LogP contribution in [-0.2, 0) is 9.84 Å². The van der Waals surface area contributed by atoms with Crippen molar-refractivity contribution in [3.63, 3.8) is 0 Å². The zero-order valence-electron chi connectivity index (χ0n) is 16.5. The quantitative estimate of drug-likeness (QED) is 0.359. The van der Waals surface area contributed by atoms with Crippen LogP contribution in [0.5, 0.6) is 0 Å². The highest BCUT2D eigenvalue weighted by molar-refractivity contribution is 7.92. The number of rotatable bonds is 6. The number of sulfone groups is 1. The van der Waals surface area contributed by atoms with Crippen molar-refractivity contribution >= 4 is 9.84 Å². The second kappa shape index (κ2) is 8.82. The van der Waals surface area contributed by atoms with Crippen molar-refractivity contribution in [2.24, 2.45) is 0 Å². The van der Waals surface area contributed by atoms with Crippen molar-refractivity contribution in [1.82, 2.24) is 0 Å². The summed E-state index contributed by atoms with van der Waals surface area (Å²) in [5.41, 5.74) is 2.10. The van der Waals surface area contributed by atoms with Gasteiger partial charge in [0.05, 0.1) is 0 Å². The molecule has 4 aromatic carbocycles. The van der Waals surface area contributed by atoms with Gasteiger partial charge in [0.2, 0.25) is 0 Å². The smallest absolute Gasteiger partial charge is 0.172 e. The van der Waals surface area contributed by atoms with E-state index in [2.05, 4.69) is 0 Å². The molecule has 0 aliphatic heterocycles. The van der Waals surface area contributed by atoms with Gasteiger partial charge < -0.3 is 0 Å². The van der Waals surface area contributed by atoms with E-state index < -0.39 is 32.0 Å². The summed E-state index contributed by atoms with van der Waals surface area (Å²) < 4.78 is 55.6.